The summed E-state index contributed by atoms with van der Waals surface area (Å²) in [6, 6.07) is 8.61. The van der Waals surface area contributed by atoms with E-state index in [4.69, 9.17) is 0 Å². The predicted molar refractivity (Wildman–Crippen MR) is 111 cm³/mol. The van der Waals surface area contributed by atoms with Crippen molar-refractivity contribution in [1.82, 2.24) is 9.97 Å². The number of aromatic amines is 1. The average molecular weight is 367 g/mol. The van der Waals surface area contributed by atoms with E-state index in [-0.39, 0.29) is 0 Å². The first-order chi connectivity index (χ1) is 12.5. The highest BCUT2D eigenvalue weighted by molar-refractivity contribution is 7.70. The Morgan fingerprint density at radius 3 is 2.62 bits per heavy atom. The number of rotatable bonds is 4. The second-order valence-corrected chi connectivity index (χ2v) is 10.7. The number of benzene rings is 1. The number of pyridine rings is 1. The van der Waals surface area contributed by atoms with E-state index in [1.807, 2.05) is 25.7 Å². The second-order valence-electron chi connectivity index (χ2n) is 7.54. The molecule has 1 aromatic carbocycles. The molecule has 3 aromatic rings. The molecule has 1 fully saturated rings. The third kappa shape index (κ3) is 3.07. The molecule has 2 aromatic heterocycles. The Morgan fingerprint density at radius 1 is 1.15 bits per heavy atom. The van der Waals surface area contributed by atoms with E-state index in [0.717, 1.165) is 47.3 Å². The van der Waals surface area contributed by atoms with Crippen LogP contribution in [-0.4, -0.2) is 36.4 Å². The summed E-state index contributed by atoms with van der Waals surface area (Å²) >= 11 is 0. The first kappa shape index (κ1) is 17.4. The van der Waals surface area contributed by atoms with Gasteiger partial charge in [0.15, 0.2) is 0 Å². The van der Waals surface area contributed by atoms with Gasteiger partial charge in [0.25, 0.3) is 0 Å². The summed E-state index contributed by atoms with van der Waals surface area (Å²) in [7, 11) is -2.38. The summed E-state index contributed by atoms with van der Waals surface area (Å²) in [4.78, 5) is 10.2. The lowest BCUT2D eigenvalue weighted by Crippen LogP contribution is -2.24. The van der Waals surface area contributed by atoms with Crippen molar-refractivity contribution in [2.75, 3.05) is 31.3 Å². The van der Waals surface area contributed by atoms with Crippen molar-refractivity contribution in [2.45, 2.75) is 26.2 Å². The predicted octanol–water partition coefficient (Wildman–Crippen LogP) is 4.64. The van der Waals surface area contributed by atoms with Crippen LogP contribution in [0, 0.1) is 0 Å². The van der Waals surface area contributed by atoms with E-state index in [9.17, 15) is 4.57 Å². The van der Waals surface area contributed by atoms with Gasteiger partial charge in [-0.05, 0) is 61.9 Å². The van der Waals surface area contributed by atoms with E-state index in [1.165, 1.54) is 23.8 Å². The smallest absolute Gasteiger partial charge is 0.137 e. The van der Waals surface area contributed by atoms with Gasteiger partial charge in [-0.15, -0.1) is 0 Å². The van der Waals surface area contributed by atoms with Gasteiger partial charge in [0.05, 0.1) is 0 Å². The summed E-state index contributed by atoms with van der Waals surface area (Å²) < 4.78 is 13.0. The van der Waals surface area contributed by atoms with E-state index in [1.54, 1.807) is 0 Å². The molecule has 0 radical (unpaired) electrons. The van der Waals surface area contributed by atoms with Crippen LogP contribution in [0.4, 0.5) is 5.69 Å². The number of aromatic nitrogens is 2. The normalized spacial score (nSPS) is 15.1. The maximum absolute atomic E-state index is 13.0. The molecular weight excluding hydrogens is 341 g/mol. The van der Waals surface area contributed by atoms with Gasteiger partial charge in [0.1, 0.15) is 12.8 Å². The van der Waals surface area contributed by atoms with Crippen molar-refractivity contribution in [3.8, 4) is 11.1 Å². The molecule has 0 aliphatic carbocycles. The fraction of sp³-hybridized carbons (Fsp3) is 0.381. The molecule has 26 heavy (non-hydrogen) atoms. The Hall–Kier alpha value is -2.06. The molecule has 0 amide bonds. The van der Waals surface area contributed by atoms with Gasteiger partial charge in [-0.25, -0.2) is 4.98 Å². The molecule has 1 aliphatic heterocycles. The zero-order chi connectivity index (χ0) is 18.3. The molecule has 1 saturated heterocycles. The molecule has 4 nitrogen and oxygen atoms in total. The third-order valence-electron chi connectivity index (χ3n) is 5.33. The van der Waals surface area contributed by atoms with Gasteiger partial charge in [0.2, 0.25) is 0 Å². The Kier molecular flexibility index (Phi) is 4.40. The molecule has 0 saturated carbocycles. The number of fused-ring (bicyclic) bond motifs is 1. The first-order valence-electron chi connectivity index (χ1n) is 9.38. The molecule has 0 spiro atoms. The van der Waals surface area contributed by atoms with Crippen LogP contribution in [0.15, 0.2) is 36.7 Å². The molecule has 1 N–H and O–H groups in total. The van der Waals surface area contributed by atoms with Crippen molar-refractivity contribution in [1.29, 1.82) is 0 Å². The molecular formula is C21H26N3OP. The number of H-pyrrole nitrogens is 1. The number of anilines is 1. The number of aryl methyl sites for hydroxylation is 1. The zero-order valence-electron chi connectivity index (χ0n) is 15.7. The minimum atomic E-state index is -2.38. The Labute approximate surface area is 155 Å². The summed E-state index contributed by atoms with van der Waals surface area (Å²) in [5.74, 6) is 0. The van der Waals surface area contributed by atoms with E-state index < -0.39 is 7.14 Å². The fourth-order valence-corrected chi connectivity index (χ4v) is 5.09. The van der Waals surface area contributed by atoms with Gasteiger partial charge in [0, 0.05) is 47.4 Å². The molecule has 3 heterocycles. The lowest BCUT2D eigenvalue weighted by atomic mass is 10.0. The lowest BCUT2D eigenvalue weighted by molar-refractivity contribution is 0.588. The number of nitrogens with zero attached hydrogens (tertiary/aromatic N) is 2. The molecule has 0 unspecified atom stereocenters. The summed E-state index contributed by atoms with van der Waals surface area (Å²) in [6.45, 7) is 8.01. The van der Waals surface area contributed by atoms with Crippen LogP contribution in [0.25, 0.3) is 22.2 Å². The third-order valence-corrected chi connectivity index (χ3v) is 6.85. The summed E-state index contributed by atoms with van der Waals surface area (Å²) in [5, 5.41) is 2.16. The van der Waals surface area contributed by atoms with Gasteiger partial charge in [-0.1, -0.05) is 13.0 Å². The molecule has 136 valence electrons. The largest absolute Gasteiger partial charge is 0.371 e. The molecule has 4 rings (SSSR count). The van der Waals surface area contributed by atoms with Crippen LogP contribution < -0.4 is 10.2 Å². The summed E-state index contributed by atoms with van der Waals surface area (Å²) in [6.07, 6.45) is 7.35. The maximum Gasteiger partial charge on any atom is 0.137 e. The van der Waals surface area contributed by atoms with Crippen LogP contribution in [0.3, 0.4) is 0 Å². The van der Waals surface area contributed by atoms with Crippen LogP contribution >= 0.6 is 7.14 Å². The SMILES string of the molecule is CCc1c[nH]c2ncc(-c3ccc(N4CCCC4)c(P(C)(C)=O)c3)cc12. The minimum Gasteiger partial charge on any atom is -0.371 e. The Bertz CT molecular complexity index is 996. The highest BCUT2D eigenvalue weighted by Gasteiger charge is 2.23. The van der Waals surface area contributed by atoms with Gasteiger partial charge in [-0.2, -0.15) is 0 Å². The highest BCUT2D eigenvalue weighted by atomic mass is 31.2. The van der Waals surface area contributed by atoms with Crippen molar-refractivity contribution < 1.29 is 4.57 Å². The number of hydrogen-bond acceptors (Lipinski definition) is 3. The Balaban J connectivity index is 1.83. The van der Waals surface area contributed by atoms with Crippen LogP contribution in [-0.2, 0) is 11.0 Å². The standard InChI is InChI=1S/C21H26N3OP/c1-4-15-13-22-21-18(15)11-17(14-23-21)16-7-8-19(24-9-5-6-10-24)20(12-16)26(2,3)25/h7-8,11-14H,4-6,9-10H2,1-3H3,(H,22,23). The van der Waals surface area contributed by atoms with Crippen molar-refractivity contribution in [2.24, 2.45) is 0 Å². The zero-order valence-corrected chi connectivity index (χ0v) is 16.6. The molecule has 0 atom stereocenters. The minimum absolute atomic E-state index is 0.927. The van der Waals surface area contributed by atoms with Gasteiger partial charge < -0.3 is 14.4 Å². The fourth-order valence-electron chi connectivity index (χ4n) is 3.87. The average Bonchev–Trinajstić information content (AvgIpc) is 3.29. The second kappa shape index (κ2) is 6.59. The monoisotopic (exact) mass is 367 g/mol. The van der Waals surface area contributed by atoms with Crippen LogP contribution in [0.1, 0.15) is 25.3 Å². The van der Waals surface area contributed by atoms with Crippen molar-refractivity contribution in [3.63, 3.8) is 0 Å². The van der Waals surface area contributed by atoms with Gasteiger partial charge >= 0.3 is 0 Å². The Morgan fingerprint density at radius 2 is 1.92 bits per heavy atom. The molecule has 1 aliphatic rings. The van der Waals surface area contributed by atoms with Gasteiger partial charge in [-0.3, -0.25) is 0 Å². The quantitative estimate of drug-likeness (QED) is 0.684. The molecule has 0 bridgehead atoms. The van der Waals surface area contributed by atoms with Crippen molar-refractivity contribution in [3.05, 3.63) is 42.2 Å². The topological polar surface area (TPSA) is 49.0 Å². The van der Waals surface area contributed by atoms with E-state index in [0.29, 0.717) is 0 Å². The number of nitrogens with one attached hydrogen (secondary N) is 1. The van der Waals surface area contributed by atoms with Crippen LogP contribution in [0.2, 0.25) is 0 Å². The van der Waals surface area contributed by atoms with Crippen LogP contribution in [0.5, 0.6) is 0 Å². The lowest BCUT2D eigenvalue weighted by Gasteiger charge is -2.24. The maximum atomic E-state index is 13.0. The van der Waals surface area contributed by atoms with E-state index in [2.05, 4.69) is 46.1 Å². The van der Waals surface area contributed by atoms with Crippen molar-refractivity contribution >= 4 is 29.2 Å². The number of hydrogen-bond donors (Lipinski definition) is 1. The molecule has 5 heteroatoms. The highest BCUT2D eigenvalue weighted by Crippen LogP contribution is 2.41. The summed E-state index contributed by atoms with van der Waals surface area (Å²) in [5.41, 5.74) is 5.51. The first-order valence-corrected chi connectivity index (χ1v) is 12.0. The van der Waals surface area contributed by atoms with E-state index >= 15 is 0 Å².